The first-order chi connectivity index (χ1) is 9.85. The third-order valence-corrected chi connectivity index (χ3v) is 3.40. The third kappa shape index (κ3) is 2.89. The van der Waals surface area contributed by atoms with Crippen LogP contribution in [0.25, 0.3) is 0 Å². The summed E-state index contributed by atoms with van der Waals surface area (Å²) in [5.74, 6) is 6.42. The van der Waals surface area contributed by atoms with Gasteiger partial charge in [0.2, 0.25) is 0 Å². The summed E-state index contributed by atoms with van der Waals surface area (Å²) in [6.07, 6.45) is 1.77. The lowest BCUT2D eigenvalue weighted by molar-refractivity contribution is 0.218. The smallest absolute Gasteiger partial charge is 0.123 e. The Morgan fingerprint density at radius 3 is 3.10 bits per heavy atom. The number of benzene rings is 1. The second-order valence-corrected chi connectivity index (χ2v) is 4.85. The molecule has 2 heterocycles. The molecule has 0 saturated carbocycles. The second kappa shape index (κ2) is 5.90. The molecule has 5 heteroatoms. The Morgan fingerprint density at radius 2 is 2.20 bits per heavy atom. The summed E-state index contributed by atoms with van der Waals surface area (Å²) in [6, 6.07) is 12.0. The van der Waals surface area contributed by atoms with Gasteiger partial charge in [-0.3, -0.25) is 15.7 Å². The van der Waals surface area contributed by atoms with E-state index >= 15 is 0 Å². The Kier molecular flexibility index (Phi) is 3.80. The standard InChI is InChI=1S/C15H18N4O/c16-18-13-5-6-17-14(9-13)11-19-7-8-20-15-4-2-1-3-12(15)10-19/h1-6,9H,7-8,10-11,16H2,(H,17,18). The number of hydrogen-bond acceptors (Lipinski definition) is 5. The molecule has 2 aromatic rings. The highest BCUT2D eigenvalue weighted by atomic mass is 16.5. The quantitative estimate of drug-likeness (QED) is 0.657. The van der Waals surface area contributed by atoms with Crippen LogP contribution in [0.1, 0.15) is 11.3 Å². The van der Waals surface area contributed by atoms with Crippen LogP contribution >= 0.6 is 0 Å². The van der Waals surface area contributed by atoms with Crippen molar-refractivity contribution in [2.45, 2.75) is 13.1 Å². The van der Waals surface area contributed by atoms with Gasteiger partial charge in [-0.15, -0.1) is 0 Å². The van der Waals surface area contributed by atoms with Gasteiger partial charge >= 0.3 is 0 Å². The number of hydrazine groups is 1. The maximum absolute atomic E-state index is 5.77. The van der Waals surface area contributed by atoms with Gasteiger partial charge in [-0.1, -0.05) is 18.2 Å². The number of nitrogens with one attached hydrogen (secondary N) is 1. The molecule has 1 aromatic carbocycles. The van der Waals surface area contributed by atoms with Gasteiger partial charge < -0.3 is 10.2 Å². The highest BCUT2D eigenvalue weighted by molar-refractivity contribution is 5.41. The first-order valence-corrected chi connectivity index (χ1v) is 6.70. The molecule has 0 amide bonds. The van der Waals surface area contributed by atoms with Gasteiger partial charge in [0.1, 0.15) is 12.4 Å². The molecule has 104 valence electrons. The number of rotatable bonds is 3. The summed E-state index contributed by atoms with van der Waals surface area (Å²) in [4.78, 5) is 6.72. The Hall–Kier alpha value is -2.11. The Balaban J connectivity index is 1.74. The van der Waals surface area contributed by atoms with Crippen molar-refractivity contribution in [3.8, 4) is 5.75 Å². The molecular formula is C15H18N4O. The molecule has 0 spiro atoms. The van der Waals surface area contributed by atoms with Gasteiger partial charge in [0.05, 0.1) is 11.4 Å². The zero-order valence-corrected chi connectivity index (χ0v) is 11.2. The van der Waals surface area contributed by atoms with Crippen LogP contribution in [-0.4, -0.2) is 23.0 Å². The number of nitrogen functional groups attached to an aromatic ring is 1. The lowest BCUT2D eigenvalue weighted by Gasteiger charge is -2.19. The van der Waals surface area contributed by atoms with Crippen molar-refractivity contribution in [2.75, 3.05) is 18.6 Å². The average Bonchev–Trinajstić information content (AvgIpc) is 2.69. The Labute approximate surface area is 118 Å². The van der Waals surface area contributed by atoms with Crippen molar-refractivity contribution in [1.29, 1.82) is 0 Å². The fourth-order valence-corrected chi connectivity index (χ4v) is 2.40. The van der Waals surface area contributed by atoms with E-state index in [1.54, 1.807) is 6.20 Å². The van der Waals surface area contributed by atoms with E-state index in [4.69, 9.17) is 10.6 Å². The first-order valence-electron chi connectivity index (χ1n) is 6.70. The summed E-state index contributed by atoms with van der Waals surface area (Å²) < 4.78 is 5.77. The van der Waals surface area contributed by atoms with Crippen molar-refractivity contribution in [3.05, 3.63) is 53.9 Å². The predicted octanol–water partition coefficient (Wildman–Crippen LogP) is 1.76. The Morgan fingerprint density at radius 1 is 1.30 bits per heavy atom. The van der Waals surface area contributed by atoms with Gasteiger partial charge in [0.15, 0.2) is 0 Å². The molecule has 3 rings (SSSR count). The van der Waals surface area contributed by atoms with Crippen molar-refractivity contribution >= 4 is 5.69 Å². The number of fused-ring (bicyclic) bond motifs is 1. The van der Waals surface area contributed by atoms with Gasteiger partial charge in [0.25, 0.3) is 0 Å². The zero-order valence-electron chi connectivity index (χ0n) is 11.2. The van der Waals surface area contributed by atoms with Crippen LogP contribution in [0.15, 0.2) is 42.6 Å². The monoisotopic (exact) mass is 270 g/mol. The highest BCUT2D eigenvalue weighted by Crippen LogP contribution is 2.23. The van der Waals surface area contributed by atoms with Crippen molar-refractivity contribution < 1.29 is 4.74 Å². The van der Waals surface area contributed by atoms with E-state index in [2.05, 4.69) is 21.4 Å². The van der Waals surface area contributed by atoms with Gasteiger partial charge in [0, 0.05) is 31.4 Å². The molecule has 5 nitrogen and oxygen atoms in total. The number of hydrogen-bond donors (Lipinski definition) is 2. The van der Waals surface area contributed by atoms with E-state index in [0.717, 1.165) is 36.8 Å². The van der Waals surface area contributed by atoms with Crippen LogP contribution in [0, 0.1) is 0 Å². The molecular weight excluding hydrogens is 252 g/mol. The SMILES string of the molecule is NNc1ccnc(CN2CCOc3ccccc3C2)c1. The van der Waals surface area contributed by atoms with E-state index in [1.807, 2.05) is 30.3 Å². The van der Waals surface area contributed by atoms with Crippen molar-refractivity contribution in [1.82, 2.24) is 9.88 Å². The van der Waals surface area contributed by atoms with Crippen LogP contribution in [0.5, 0.6) is 5.75 Å². The topological polar surface area (TPSA) is 63.4 Å². The molecule has 1 aliphatic rings. The summed E-state index contributed by atoms with van der Waals surface area (Å²) in [6.45, 7) is 3.24. The molecule has 1 aromatic heterocycles. The summed E-state index contributed by atoms with van der Waals surface area (Å²) in [7, 11) is 0. The van der Waals surface area contributed by atoms with E-state index in [0.29, 0.717) is 6.61 Å². The number of pyridine rings is 1. The molecule has 0 bridgehead atoms. The minimum absolute atomic E-state index is 0.700. The maximum atomic E-state index is 5.77. The molecule has 0 saturated heterocycles. The fraction of sp³-hybridized carbons (Fsp3) is 0.267. The summed E-state index contributed by atoms with van der Waals surface area (Å²) in [5, 5.41) is 0. The average molecular weight is 270 g/mol. The van der Waals surface area contributed by atoms with Crippen LogP contribution in [-0.2, 0) is 13.1 Å². The number of anilines is 1. The van der Waals surface area contributed by atoms with Gasteiger partial charge in [-0.2, -0.15) is 0 Å². The molecule has 0 radical (unpaired) electrons. The van der Waals surface area contributed by atoms with Gasteiger partial charge in [-0.05, 0) is 18.2 Å². The first kappa shape index (κ1) is 12.9. The third-order valence-electron chi connectivity index (χ3n) is 3.40. The van der Waals surface area contributed by atoms with E-state index < -0.39 is 0 Å². The predicted molar refractivity (Wildman–Crippen MR) is 78.1 cm³/mol. The molecule has 1 aliphatic heterocycles. The Bertz CT molecular complexity index is 588. The molecule has 0 unspecified atom stereocenters. The van der Waals surface area contributed by atoms with Crippen LogP contribution in [0.3, 0.4) is 0 Å². The molecule has 0 aliphatic carbocycles. The molecule has 0 atom stereocenters. The molecule has 3 N–H and O–H groups in total. The van der Waals surface area contributed by atoms with E-state index in [9.17, 15) is 0 Å². The highest BCUT2D eigenvalue weighted by Gasteiger charge is 2.15. The lowest BCUT2D eigenvalue weighted by Crippen LogP contribution is -2.25. The minimum atomic E-state index is 0.700. The zero-order chi connectivity index (χ0) is 13.8. The summed E-state index contributed by atoms with van der Waals surface area (Å²) in [5.41, 5.74) is 5.75. The normalized spacial score (nSPS) is 15.1. The minimum Gasteiger partial charge on any atom is -0.492 e. The largest absolute Gasteiger partial charge is 0.492 e. The number of ether oxygens (including phenoxy) is 1. The second-order valence-electron chi connectivity index (χ2n) is 4.85. The van der Waals surface area contributed by atoms with Crippen LogP contribution in [0.4, 0.5) is 5.69 Å². The fourth-order valence-electron chi connectivity index (χ4n) is 2.40. The number of nitrogens with zero attached hydrogens (tertiary/aromatic N) is 2. The van der Waals surface area contributed by atoms with E-state index in [1.165, 1.54) is 5.56 Å². The number of para-hydroxylation sites is 1. The summed E-state index contributed by atoms with van der Waals surface area (Å²) >= 11 is 0. The van der Waals surface area contributed by atoms with Gasteiger partial charge in [-0.25, -0.2) is 0 Å². The molecule has 0 fully saturated rings. The van der Waals surface area contributed by atoms with Crippen molar-refractivity contribution in [3.63, 3.8) is 0 Å². The lowest BCUT2D eigenvalue weighted by atomic mass is 10.2. The van der Waals surface area contributed by atoms with Crippen molar-refractivity contribution in [2.24, 2.45) is 5.84 Å². The number of aromatic nitrogens is 1. The molecule has 20 heavy (non-hydrogen) atoms. The van der Waals surface area contributed by atoms with Crippen LogP contribution in [0.2, 0.25) is 0 Å². The number of nitrogens with two attached hydrogens (primary N) is 1. The van der Waals surface area contributed by atoms with E-state index in [-0.39, 0.29) is 0 Å². The van der Waals surface area contributed by atoms with Crippen LogP contribution < -0.4 is 16.0 Å². The maximum Gasteiger partial charge on any atom is 0.123 e.